The number of hydrogen-bond acceptors (Lipinski definition) is 9. The van der Waals surface area contributed by atoms with Crippen LogP contribution in [0.1, 0.15) is 12.8 Å². The second kappa shape index (κ2) is 11.1. The number of halogens is 2. The lowest BCUT2D eigenvalue weighted by atomic mass is 9.83. The van der Waals surface area contributed by atoms with Crippen molar-refractivity contribution < 1.29 is 13.9 Å². The molecule has 2 heterocycles. The molecule has 0 radical (unpaired) electrons. The number of nitrogen functional groups attached to an aromatic ring is 1. The van der Waals surface area contributed by atoms with E-state index in [2.05, 4.69) is 32.1 Å². The van der Waals surface area contributed by atoms with E-state index in [1.54, 1.807) is 0 Å². The molecule has 2 bridgehead atoms. The maximum Gasteiger partial charge on any atom is 0.224 e. The molecular formula is C25H33ClFN7O2S. The van der Waals surface area contributed by atoms with Crippen LogP contribution in [-0.4, -0.2) is 77.7 Å². The number of carbonyl (C=O) groups is 1. The number of nitrogens with two attached hydrogens (primary N) is 2. The lowest BCUT2D eigenvalue weighted by Crippen LogP contribution is -2.46. The summed E-state index contributed by atoms with van der Waals surface area (Å²) in [5, 5.41) is 3.39. The van der Waals surface area contributed by atoms with Crippen LogP contribution in [-0.2, 0) is 4.79 Å². The number of ether oxygens (including phenoxy) is 1. The fourth-order valence-corrected chi connectivity index (χ4v) is 7.54. The highest BCUT2D eigenvalue weighted by Gasteiger charge is 2.55. The average Bonchev–Trinajstić information content (AvgIpc) is 3.43. The van der Waals surface area contributed by atoms with Crippen molar-refractivity contribution >= 4 is 46.5 Å². The third kappa shape index (κ3) is 5.68. The number of carbonyl (C=O) groups excluding carboxylic acids is 1. The van der Waals surface area contributed by atoms with Gasteiger partial charge in [-0.1, -0.05) is 0 Å². The molecule has 2 saturated carbocycles. The van der Waals surface area contributed by atoms with E-state index in [0.717, 1.165) is 62.4 Å². The van der Waals surface area contributed by atoms with Crippen molar-refractivity contribution in [2.75, 3.05) is 61.5 Å². The molecule has 5 rings (SSSR count). The zero-order chi connectivity index (χ0) is 26.1. The molecule has 2 unspecified atom stereocenters. The zero-order valence-corrected chi connectivity index (χ0v) is 22.3. The lowest BCUT2D eigenvalue weighted by Gasteiger charge is -2.35. The summed E-state index contributed by atoms with van der Waals surface area (Å²) in [6.07, 6.45) is 2.80. The Labute approximate surface area is 225 Å². The molecule has 1 amide bonds. The second-order valence-electron chi connectivity index (χ2n) is 10.1. The lowest BCUT2D eigenvalue weighted by molar-refractivity contribution is -0.123. The number of likely N-dealkylation sites (N-methyl/N-ethyl adjacent to an activating group) is 1. The summed E-state index contributed by atoms with van der Waals surface area (Å²) in [5.74, 6) is 0.584. The predicted molar refractivity (Wildman–Crippen MR) is 146 cm³/mol. The first-order valence-electron chi connectivity index (χ1n) is 12.6. The average molecular weight is 550 g/mol. The number of anilines is 3. The van der Waals surface area contributed by atoms with Crippen LogP contribution in [0.5, 0.6) is 5.75 Å². The number of nitrogens with one attached hydrogen (secondary N) is 1. The minimum atomic E-state index is -0.605. The topological polar surface area (TPSA) is 123 Å². The van der Waals surface area contributed by atoms with Crippen LogP contribution in [0.4, 0.5) is 21.6 Å². The quantitative estimate of drug-likeness (QED) is 0.246. The van der Waals surface area contributed by atoms with Gasteiger partial charge in [-0.05, 0) is 55.5 Å². The van der Waals surface area contributed by atoms with E-state index in [9.17, 15) is 9.18 Å². The molecule has 12 heteroatoms. The summed E-state index contributed by atoms with van der Waals surface area (Å²) in [6, 6.07) is 5.56. The van der Waals surface area contributed by atoms with E-state index in [0.29, 0.717) is 17.5 Å². The zero-order valence-electron chi connectivity index (χ0n) is 20.8. The van der Waals surface area contributed by atoms with E-state index in [1.165, 1.54) is 0 Å². The maximum absolute atomic E-state index is 14.3. The maximum atomic E-state index is 14.3. The Morgan fingerprint density at radius 1 is 1.30 bits per heavy atom. The van der Waals surface area contributed by atoms with Gasteiger partial charge in [0.25, 0.3) is 0 Å². The highest BCUT2D eigenvalue weighted by atomic mass is 35.5. The van der Waals surface area contributed by atoms with Crippen LogP contribution in [0.25, 0.3) is 0 Å². The van der Waals surface area contributed by atoms with Crippen LogP contribution in [0.15, 0.2) is 24.4 Å². The Hall–Kier alpha value is -2.50. The van der Waals surface area contributed by atoms with Crippen molar-refractivity contribution in [3.05, 3.63) is 35.5 Å². The normalized spacial score (nSPS) is 27.4. The van der Waals surface area contributed by atoms with E-state index < -0.39 is 5.82 Å². The Balaban J connectivity index is 1.20. The molecule has 37 heavy (non-hydrogen) atoms. The fraction of sp³-hybridized carbons (Fsp3) is 0.560. The number of benzene rings is 1. The number of piperazine rings is 1. The fourth-order valence-electron chi connectivity index (χ4n) is 6.01. The molecule has 1 saturated heterocycles. The molecule has 9 nitrogen and oxygen atoms in total. The van der Waals surface area contributed by atoms with Gasteiger partial charge in [-0.15, -0.1) is 0 Å². The summed E-state index contributed by atoms with van der Waals surface area (Å²) in [4.78, 5) is 24.6. The van der Waals surface area contributed by atoms with Gasteiger partial charge in [-0.25, -0.2) is 9.37 Å². The van der Waals surface area contributed by atoms with Crippen molar-refractivity contribution in [3.63, 3.8) is 0 Å². The molecule has 2 aliphatic carbocycles. The second-order valence-corrected chi connectivity index (χ2v) is 11.8. The Bertz CT molecular complexity index is 1140. The van der Waals surface area contributed by atoms with Gasteiger partial charge in [0.15, 0.2) is 11.6 Å². The van der Waals surface area contributed by atoms with Gasteiger partial charge >= 0.3 is 0 Å². The molecular weight excluding hydrogens is 517 g/mol. The summed E-state index contributed by atoms with van der Waals surface area (Å²) < 4.78 is 20.5. The minimum absolute atomic E-state index is 0.00832. The van der Waals surface area contributed by atoms with Crippen molar-refractivity contribution in [3.8, 4) is 5.75 Å². The van der Waals surface area contributed by atoms with Crippen LogP contribution in [0.3, 0.4) is 0 Å². The van der Waals surface area contributed by atoms with Crippen molar-refractivity contribution in [2.24, 2.45) is 23.5 Å². The summed E-state index contributed by atoms with van der Waals surface area (Å²) in [5.41, 5.74) is 13.6. The van der Waals surface area contributed by atoms with Crippen LogP contribution in [0, 0.1) is 23.6 Å². The van der Waals surface area contributed by atoms with E-state index in [1.807, 2.05) is 30.0 Å². The van der Waals surface area contributed by atoms with Crippen molar-refractivity contribution in [2.45, 2.75) is 24.1 Å². The van der Waals surface area contributed by atoms with Crippen molar-refractivity contribution in [1.29, 1.82) is 0 Å². The van der Waals surface area contributed by atoms with Gasteiger partial charge in [0, 0.05) is 55.0 Å². The minimum Gasteiger partial charge on any atom is -0.490 e. The van der Waals surface area contributed by atoms with Crippen molar-refractivity contribution in [1.82, 2.24) is 14.9 Å². The standard InChI is InChI=1S/C25H33ClFN7O2S/c1-33-4-6-34(7-5-33)18-3-2-15(28)12-19(18)36-8-9-37-20-11-14-10-16(20)22(21(14)23(29)35)31-24-17(27)13-30-25(26)32-24/h2-3,12-14,16,20-22H,4-11,28H2,1H3,(H2,29,35)(H,30,31,32)/t14?,16-,20-,21+,22?/m1/s1. The molecule has 0 spiro atoms. The number of nitrogens with zero attached hydrogens (tertiary/aromatic N) is 4. The monoisotopic (exact) mass is 549 g/mol. The van der Waals surface area contributed by atoms with Gasteiger partial charge in [-0.3, -0.25) is 4.79 Å². The largest absolute Gasteiger partial charge is 0.490 e. The molecule has 5 N–H and O–H groups in total. The van der Waals surface area contributed by atoms with Gasteiger partial charge in [0.05, 0.1) is 24.4 Å². The molecule has 1 aliphatic heterocycles. The Morgan fingerprint density at radius 2 is 2.08 bits per heavy atom. The molecule has 2 aromatic rings. The summed E-state index contributed by atoms with van der Waals surface area (Å²) >= 11 is 7.70. The number of amides is 1. The number of primary amides is 1. The first kappa shape index (κ1) is 26.1. The van der Waals surface area contributed by atoms with E-state index in [-0.39, 0.29) is 40.8 Å². The van der Waals surface area contributed by atoms with E-state index in [4.69, 9.17) is 27.8 Å². The van der Waals surface area contributed by atoms with Crippen LogP contribution >= 0.6 is 23.4 Å². The SMILES string of the molecule is CN1CCN(c2ccc(N)cc2OCCS[C@@H]2CC3C[C@H]2C(Nc2nc(Cl)ncc2F)[C@H]3C(N)=O)CC1. The molecule has 3 aliphatic rings. The van der Waals surface area contributed by atoms with Gasteiger partial charge < -0.3 is 31.3 Å². The molecule has 5 atom stereocenters. The van der Waals surface area contributed by atoms with Gasteiger partial charge in [0.2, 0.25) is 11.2 Å². The number of thioether (sulfide) groups is 1. The predicted octanol–water partition coefficient (Wildman–Crippen LogP) is 2.71. The highest BCUT2D eigenvalue weighted by molar-refractivity contribution is 7.99. The Kier molecular flexibility index (Phi) is 7.83. The first-order chi connectivity index (χ1) is 17.8. The number of hydrogen-bond donors (Lipinski definition) is 3. The summed E-state index contributed by atoms with van der Waals surface area (Å²) in [7, 11) is 2.13. The van der Waals surface area contributed by atoms with Crippen LogP contribution in [0.2, 0.25) is 5.28 Å². The molecule has 3 fully saturated rings. The summed E-state index contributed by atoms with van der Waals surface area (Å²) in [6.45, 7) is 4.46. The smallest absolute Gasteiger partial charge is 0.224 e. The molecule has 1 aromatic carbocycles. The molecule has 200 valence electrons. The third-order valence-electron chi connectivity index (χ3n) is 7.79. The number of fused-ring (bicyclic) bond motifs is 2. The van der Waals surface area contributed by atoms with E-state index >= 15 is 0 Å². The van der Waals surface area contributed by atoms with Gasteiger partial charge in [0.1, 0.15) is 5.75 Å². The van der Waals surface area contributed by atoms with Crippen LogP contribution < -0.4 is 26.4 Å². The number of rotatable bonds is 9. The highest BCUT2D eigenvalue weighted by Crippen LogP contribution is 2.53. The van der Waals surface area contributed by atoms with Gasteiger partial charge in [-0.2, -0.15) is 16.7 Å². The molecule has 1 aromatic heterocycles. The number of aromatic nitrogens is 2. The third-order valence-corrected chi connectivity index (χ3v) is 9.35. The first-order valence-corrected chi connectivity index (χ1v) is 14.0. The Morgan fingerprint density at radius 3 is 2.84 bits per heavy atom.